The van der Waals surface area contributed by atoms with E-state index in [1.807, 2.05) is 24.3 Å². The molecule has 0 fully saturated rings. The molecular formula is C18H20O5. The average Bonchev–Trinajstić information content (AvgIpc) is 2.60. The number of fused-ring (bicyclic) bond motifs is 1. The molecule has 0 aromatic heterocycles. The van der Waals surface area contributed by atoms with Gasteiger partial charge in [0.15, 0.2) is 0 Å². The zero-order chi connectivity index (χ0) is 16.4. The summed E-state index contributed by atoms with van der Waals surface area (Å²) in [6.45, 7) is 0. The van der Waals surface area contributed by atoms with E-state index in [1.165, 1.54) is 0 Å². The largest absolute Gasteiger partial charge is 0.497 e. The maximum Gasteiger partial charge on any atom is 0.133 e. The van der Waals surface area contributed by atoms with Gasteiger partial charge in [0.05, 0.1) is 33.0 Å². The van der Waals surface area contributed by atoms with Crippen LogP contribution in [0, 0.1) is 0 Å². The zero-order valence-corrected chi connectivity index (χ0v) is 13.4. The van der Waals surface area contributed by atoms with E-state index >= 15 is 0 Å². The van der Waals surface area contributed by atoms with Crippen LogP contribution in [0.2, 0.25) is 0 Å². The molecule has 23 heavy (non-hydrogen) atoms. The van der Waals surface area contributed by atoms with Gasteiger partial charge in [-0.3, -0.25) is 0 Å². The van der Waals surface area contributed by atoms with Gasteiger partial charge in [-0.15, -0.1) is 0 Å². The lowest BCUT2D eigenvalue weighted by atomic mass is 9.94. The van der Waals surface area contributed by atoms with Crippen LogP contribution in [-0.4, -0.2) is 26.4 Å². The number of hydrogen-bond acceptors (Lipinski definition) is 5. The first-order chi connectivity index (χ1) is 11.2. The molecule has 0 saturated carbocycles. The summed E-state index contributed by atoms with van der Waals surface area (Å²) in [5.74, 6) is 2.57. The highest BCUT2D eigenvalue weighted by molar-refractivity contribution is 5.53. The van der Waals surface area contributed by atoms with E-state index in [0.717, 1.165) is 11.3 Å². The number of rotatable bonds is 4. The molecule has 0 aliphatic carbocycles. The fraction of sp³-hybridized carbons (Fsp3) is 0.333. The Morgan fingerprint density at radius 1 is 0.957 bits per heavy atom. The lowest BCUT2D eigenvalue weighted by molar-refractivity contribution is 0.0630. The molecule has 0 bridgehead atoms. The van der Waals surface area contributed by atoms with Crippen molar-refractivity contribution < 1.29 is 24.1 Å². The first kappa shape index (κ1) is 15.5. The fourth-order valence-electron chi connectivity index (χ4n) is 2.83. The van der Waals surface area contributed by atoms with Gasteiger partial charge >= 0.3 is 0 Å². The topological polar surface area (TPSA) is 57.2 Å². The maximum absolute atomic E-state index is 10.5. The summed E-state index contributed by atoms with van der Waals surface area (Å²) in [6.07, 6.45) is -0.436. The first-order valence-corrected chi connectivity index (χ1v) is 7.41. The van der Waals surface area contributed by atoms with Crippen molar-refractivity contribution in [3.8, 4) is 23.0 Å². The van der Waals surface area contributed by atoms with Crippen molar-refractivity contribution in [1.29, 1.82) is 0 Å². The van der Waals surface area contributed by atoms with Crippen LogP contribution in [0.1, 0.15) is 29.8 Å². The third kappa shape index (κ3) is 2.92. The molecule has 5 heteroatoms. The molecule has 1 aliphatic rings. The van der Waals surface area contributed by atoms with E-state index in [-0.39, 0.29) is 6.10 Å². The average molecular weight is 316 g/mol. The summed E-state index contributed by atoms with van der Waals surface area (Å²) in [5.41, 5.74) is 1.65. The van der Waals surface area contributed by atoms with Crippen LogP contribution in [0.4, 0.5) is 0 Å². The molecule has 5 nitrogen and oxygen atoms in total. The van der Waals surface area contributed by atoms with E-state index in [1.54, 1.807) is 33.5 Å². The van der Waals surface area contributed by atoms with Crippen molar-refractivity contribution in [3.05, 3.63) is 47.5 Å². The van der Waals surface area contributed by atoms with Crippen molar-refractivity contribution in [3.63, 3.8) is 0 Å². The van der Waals surface area contributed by atoms with Crippen LogP contribution in [0.15, 0.2) is 36.4 Å². The molecule has 0 radical (unpaired) electrons. The fourth-order valence-corrected chi connectivity index (χ4v) is 2.83. The van der Waals surface area contributed by atoms with E-state index in [0.29, 0.717) is 29.2 Å². The second-order valence-corrected chi connectivity index (χ2v) is 5.37. The van der Waals surface area contributed by atoms with Crippen molar-refractivity contribution in [2.45, 2.75) is 18.6 Å². The van der Waals surface area contributed by atoms with Gasteiger partial charge in [-0.25, -0.2) is 0 Å². The lowest BCUT2D eigenvalue weighted by Crippen LogP contribution is -2.19. The molecule has 1 heterocycles. The van der Waals surface area contributed by atoms with Gasteiger partial charge in [0.25, 0.3) is 0 Å². The van der Waals surface area contributed by atoms with Gasteiger partial charge in [0, 0.05) is 18.6 Å². The Hall–Kier alpha value is -2.40. The molecule has 2 aromatic rings. The highest BCUT2D eigenvalue weighted by Crippen LogP contribution is 2.47. The zero-order valence-electron chi connectivity index (χ0n) is 13.4. The van der Waals surface area contributed by atoms with Crippen LogP contribution >= 0.6 is 0 Å². The minimum atomic E-state index is -0.660. The summed E-state index contributed by atoms with van der Waals surface area (Å²) in [5, 5.41) is 10.5. The van der Waals surface area contributed by atoms with Crippen molar-refractivity contribution >= 4 is 0 Å². The standard InChI is InChI=1S/C18H20O5/c1-20-12-6-4-11(5-7-12)15-10-14(19)18-16(22-3)8-13(21-2)9-17(18)23-15/h4-9,14-15,19H,10H2,1-3H3/t14-,15-/m0/s1. The quantitative estimate of drug-likeness (QED) is 0.938. The van der Waals surface area contributed by atoms with Gasteiger partial charge in [-0.2, -0.15) is 0 Å². The Morgan fingerprint density at radius 3 is 2.26 bits per heavy atom. The Labute approximate surface area is 135 Å². The third-order valence-electron chi connectivity index (χ3n) is 4.06. The molecule has 122 valence electrons. The second-order valence-electron chi connectivity index (χ2n) is 5.37. The Bertz CT molecular complexity index is 681. The van der Waals surface area contributed by atoms with Gasteiger partial charge in [0.1, 0.15) is 29.1 Å². The molecule has 3 rings (SSSR count). The molecule has 0 spiro atoms. The highest BCUT2D eigenvalue weighted by atomic mass is 16.5. The van der Waals surface area contributed by atoms with E-state index in [4.69, 9.17) is 18.9 Å². The lowest BCUT2D eigenvalue weighted by Gasteiger charge is -2.31. The van der Waals surface area contributed by atoms with Crippen molar-refractivity contribution in [2.75, 3.05) is 21.3 Å². The molecule has 0 amide bonds. The van der Waals surface area contributed by atoms with Crippen LogP contribution in [0.25, 0.3) is 0 Å². The van der Waals surface area contributed by atoms with Crippen LogP contribution in [0.5, 0.6) is 23.0 Å². The highest BCUT2D eigenvalue weighted by Gasteiger charge is 2.31. The van der Waals surface area contributed by atoms with Crippen molar-refractivity contribution in [1.82, 2.24) is 0 Å². The van der Waals surface area contributed by atoms with Gasteiger partial charge in [-0.1, -0.05) is 12.1 Å². The van der Waals surface area contributed by atoms with Crippen LogP contribution in [-0.2, 0) is 0 Å². The predicted molar refractivity (Wildman–Crippen MR) is 85.5 cm³/mol. The van der Waals surface area contributed by atoms with E-state index in [9.17, 15) is 5.11 Å². The monoisotopic (exact) mass is 316 g/mol. The smallest absolute Gasteiger partial charge is 0.133 e. The number of benzene rings is 2. The summed E-state index contributed by atoms with van der Waals surface area (Å²) >= 11 is 0. The molecule has 1 N–H and O–H groups in total. The number of aliphatic hydroxyl groups is 1. The van der Waals surface area contributed by atoms with Gasteiger partial charge < -0.3 is 24.1 Å². The summed E-state index contributed by atoms with van der Waals surface area (Å²) in [6, 6.07) is 11.2. The summed E-state index contributed by atoms with van der Waals surface area (Å²) in [4.78, 5) is 0. The maximum atomic E-state index is 10.5. The molecular weight excluding hydrogens is 296 g/mol. The normalized spacial score (nSPS) is 19.5. The van der Waals surface area contributed by atoms with Crippen LogP contribution in [0.3, 0.4) is 0 Å². The second kappa shape index (κ2) is 6.38. The number of hydrogen-bond donors (Lipinski definition) is 1. The minimum absolute atomic E-state index is 0.236. The van der Waals surface area contributed by atoms with Gasteiger partial charge in [0.2, 0.25) is 0 Å². The first-order valence-electron chi connectivity index (χ1n) is 7.41. The number of ether oxygens (including phenoxy) is 4. The number of aliphatic hydroxyl groups excluding tert-OH is 1. The van der Waals surface area contributed by atoms with E-state index in [2.05, 4.69) is 0 Å². The van der Waals surface area contributed by atoms with Gasteiger partial charge in [-0.05, 0) is 17.7 Å². The Morgan fingerprint density at radius 2 is 1.65 bits per heavy atom. The molecule has 1 aliphatic heterocycles. The summed E-state index contributed by atoms with van der Waals surface area (Å²) in [7, 11) is 4.78. The molecule has 2 aromatic carbocycles. The predicted octanol–water partition coefficient (Wildman–Crippen LogP) is 3.27. The Kier molecular flexibility index (Phi) is 4.30. The molecule has 0 saturated heterocycles. The third-order valence-corrected chi connectivity index (χ3v) is 4.06. The minimum Gasteiger partial charge on any atom is -0.497 e. The number of methoxy groups -OCH3 is 3. The van der Waals surface area contributed by atoms with Crippen molar-refractivity contribution in [2.24, 2.45) is 0 Å². The molecule has 0 unspecified atom stereocenters. The van der Waals surface area contributed by atoms with E-state index < -0.39 is 6.10 Å². The Balaban J connectivity index is 1.95. The summed E-state index contributed by atoms with van der Waals surface area (Å²) < 4.78 is 21.9. The SMILES string of the molecule is COc1ccc([C@@H]2C[C@H](O)c3c(OC)cc(OC)cc3O2)cc1. The molecule has 2 atom stereocenters. The van der Waals surface area contributed by atoms with Crippen LogP contribution < -0.4 is 18.9 Å².